The third-order valence-corrected chi connectivity index (χ3v) is 3.99. The molecule has 0 fully saturated rings. The molecule has 1 unspecified atom stereocenters. The molecule has 3 aromatic rings. The first kappa shape index (κ1) is 14.0. The van der Waals surface area contributed by atoms with Gasteiger partial charge in [-0.3, -0.25) is 4.98 Å². The van der Waals surface area contributed by atoms with Crippen LogP contribution in [0.5, 0.6) is 5.75 Å². The van der Waals surface area contributed by atoms with Gasteiger partial charge in [-0.25, -0.2) is 0 Å². The molecule has 0 saturated carbocycles. The van der Waals surface area contributed by atoms with E-state index < -0.39 is 6.10 Å². The van der Waals surface area contributed by atoms with Crippen LogP contribution < -0.4 is 4.74 Å². The molecule has 0 spiro atoms. The molecule has 2 aromatic carbocycles. The first-order valence-electron chi connectivity index (χ1n) is 6.55. The van der Waals surface area contributed by atoms with Crippen LogP contribution in [-0.2, 0) is 0 Å². The standard InChI is InChI=1S/C17H14BrNO2/c1-21-16-6-5-12(18)9-15(16)17(20)14-4-2-3-11-10-19-8-7-13(11)14/h2-10,17,20H,1H3. The molecule has 0 amide bonds. The van der Waals surface area contributed by atoms with Gasteiger partial charge in [0, 0.05) is 27.8 Å². The molecule has 0 aliphatic heterocycles. The van der Waals surface area contributed by atoms with Crippen LogP contribution in [0.4, 0.5) is 0 Å². The van der Waals surface area contributed by atoms with Crippen molar-refractivity contribution >= 4 is 26.7 Å². The first-order valence-corrected chi connectivity index (χ1v) is 7.34. The Morgan fingerprint density at radius 1 is 1.14 bits per heavy atom. The molecule has 1 N–H and O–H groups in total. The van der Waals surface area contributed by atoms with Gasteiger partial charge < -0.3 is 9.84 Å². The third-order valence-electron chi connectivity index (χ3n) is 3.50. The van der Waals surface area contributed by atoms with E-state index in [4.69, 9.17) is 4.74 Å². The lowest BCUT2D eigenvalue weighted by molar-refractivity contribution is 0.216. The van der Waals surface area contributed by atoms with Gasteiger partial charge >= 0.3 is 0 Å². The van der Waals surface area contributed by atoms with E-state index in [1.807, 2.05) is 42.5 Å². The smallest absolute Gasteiger partial charge is 0.125 e. The van der Waals surface area contributed by atoms with Crippen molar-refractivity contribution in [3.8, 4) is 5.75 Å². The topological polar surface area (TPSA) is 42.4 Å². The molecule has 0 saturated heterocycles. The summed E-state index contributed by atoms with van der Waals surface area (Å²) in [5, 5.41) is 12.8. The van der Waals surface area contributed by atoms with Crippen LogP contribution in [0.3, 0.4) is 0 Å². The number of nitrogens with zero attached hydrogens (tertiary/aromatic N) is 1. The molecule has 4 heteroatoms. The van der Waals surface area contributed by atoms with Gasteiger partial charge in [0.1, 0.15) is 11.9 Å². The molecule has 0 bridgehead atoms. The minimum Gasteiger partial charge on any atom is -0.496 e. The Labute approximate surface area is 131 Å². The van der Waals surface area contributed by atoms with Crippen molar-refractivity contribution in [3.63, 3.8) is 0 Å². The lowest BCUT2D eigenvalue weighted by atomic mass is 9.96. The predicted molar refractivity (Wildman–Crippen MR) is 86.5 cm³/mol. The summed E-state index contributed by atoms with van der Waals surface area (Å²) in [4.78, 5) is 4.12. The van der Waals surface area contributed by atoms with E-state index in [0.29, 0.717) is 5.75 Å². The Bertz CT molecular complexity index is 783. The molecular weight excluding hydrogens is 330 g/mol. The SMILES string of the molecule is COc1ccc(Br)cc1C(O)c1cccc2cnccc12. The molecule has 1 atom stereocenters. The monoisotopic (exact) mass is 343 g/mol. The highest BCUT2D eigenvalue weighted by molar-refractivity contribution is 9.10. The summed E-state index contributed by atoms with van der Waals surface area (Å²) >= 11 is 3.44. The molecule has 0 radical (unpaired) electrons. The van der Waals surface area contributed by atoms with Crippen LogP contribution in [0.25, 0.3) is 10.8 Å². The number of hydrogen-bond donors (Lipinski definition) is 1. The second kappa shape index (κ2) is 5.84. The van der Waals surface area contributed by atoms with Crippen LogP contribution in [0, 0.1) is 0 Å². The average Bonchev–Trinajstić information content (AvgIpc) is 2.53. The summed E-state index contributed by atoms with van der Waals surface area (Å²) in [6.45, 7) is 0. The maximum atomic E-state index is 10.8. The number of fused-ring (bicyclic) bond motifs is 1. The van der Waals surface area contributed by atoms with Crippen LogP contribution in [0.1, 0.15) is 17.2 Å². The second-order valence-electron chi connectivity index (χ2n) is 4.73. The van der Waals surface area contributed by atoms with E-state index in [0.717, 1.165) is 26.4 Å². The van der Waals surface area contributed by atoms with Gasteiger partial charge in [-0.1, -0.05) is 34.1 Å². The second-order valence-corrected chi connectivity index (χ2v) is 5.65. The number of ether oxygens (including phenoxy) is 1. The zero-order chi connectivity index (χ0) is 14.8. The fourth-order valence-electron chi connectivity index (χ4n) is 2.47. The highest BCUT2D eigenvalue weighted by Gasteiger charge is 2.18. The van der Waals surface area contributed by atoms with Crippen molar-refractivity contribution in [2.45, 2.75) is 6.10 Å². The minimum absolute atomic E-state index is 0.664. The van der Waals surface area contributed by atoms with Crippen LogP contribution >= 0.6 is 15.9 Å². The number of pyridine rings is 1. The maximum absolute atomic E-state index is 10.8. The van der Waals surface area contributed by atoms with Crippen molar-refractivity contribution in [1.82, 2.24) is 4.98 Å². The van der Waals surface area contributed by atoms with Gasteiger partial charge in [0.25, 0.3) is 0 Å². The van der Waals surface area contributed by atoms with Crippen molar-refractivity contribution in [3.05, 3.63) is 70.5 Å². The van der Waals surface area contributed by atoms with Crippen molar-refractivity contribution in [1.29, 1.82) is 0 Å². The highest BCUT2D eigenvalue weighted by Crippen LogP contribution is 2.35. The number of methoxy groups -OCH3 is 1. The van der Waals surface area contributed by atoms with E-state index in [1.165, 1.54) is 0 Å². The Hall–Kier alpha value is -1.91. The number of halogens is 1. The fourth-order valence-corrected chi connectivity index (χ4v) is 2.85. The third kappa shape index (κ3) is 2.64. The zero-order valence-corrected chi connectivity index (χ0v) is 13.0. The summed E-state index contributed by atoms with van der Waals surface area (Å²) in [5.74, 6) is 0.664. The fraction of sp³-hybridized carbons (Fsp3) is 0.118. The van der Waals surface area contributed by atoms with Gasteiger partial charge in [-0.05, 0) is 35.2 Å². The number of aliphatic hydroxyl groups is 1. The van der Waals surface area contributed by atoms with Gasteiger partial charge in [-0.2, -0.15) is 0 Å². The summed E-state index contributed by atoms with van der Waals surface area (Å²) in [7, 11) is 1.60. The van der Waals surface area contributed by atoms with Crippen molar-refractivity contribution < 1.29 is 9.84 Å². The zero-order valence-electron chi connectivity index (χ0n) is 11.5. The van der Waals surface area contributed by atoms with E-state index >= 15 is 0 Å². The summed E-state index contributed by atoms with van der Waals surface area (Å²) in [6.07, 6.45) is 2.77. The minimum atomic E-state index is -0.761. The Balaban J connectivity index is 2.17. The lowest BCUT2D eigenvalue weighted by Gasteiger charge is -2.17. The quantitative estimate of drug-likeness (QED) is 0.778. The van der Waals surface area contributed by atoms with Crippen molar-refractivity contribution in [2.24, 2.45) is 0 Å². The molecule has 3 nitrogen and oxygen atoms in total. The van der Waals surface area contributed by atoms with Gasteiger partial charge in [0.05, 0.1) is 7.11 Å². The molecule has 1 aromatic heterocycles. The molecule has 0 aliphatic carbocycles. The molecule has 3 rings (SSSR count). The maximum Gasteiger partial charge on any atom is 0.125 e. The van der Waals surface area contributed by atoms with Crippen molar-refractivity contribution in [2.75, 3.05) is 7.11 Å². The number of aromatic nitrogens is 1. The lowest BCUT2D eigenvalue weighted by Crippen LogP contribution is -2.03. The largest absolute Gasteiger partial charge is 0.496 e. The summed E-state index contributed by atoms with van der Waals surface area (Å²) < 4.78 is 6.26. The van der Waals surface area contributed by atoms with Crippen LogP contribution in [0.15, 0.2) is 59.3 Å². The highest BCUT2D eigenvalue weighted by atomic mass is 79.9. The Morgan fingerprint density at radius 3 is 2.81 bits per heavy atom. The number of benzene rings is 2. The molecule has 106 valence electrons. The van der Waals surface area contributed by atoms with E-state index in [2.05, 4.69) is 20.9 Å². The first-order chi connectivity index (χ1) is 10.2. The van der Waals surface area contributed by atoms with Gasteiger partial charge in [0.2, 0.25) is 0 Å². The van der Waals surface area contributed by atoms with Crippen LogP contribution in [-0.4, -0.2) is 17.2 Å². The molecule has 0 aliphatic rings. The predicted octanol–water partition coefficient (Wildman–Crippen LogP) is 4.09. The number of rotatable bonds is 3. The molecule has 21 heavy (non-hydrogen) atoms. The molecular formula is C17H14BrNO2. The van der Waals surface area contributed by atoms with Gasteiger partial charge in [-0.15, -0.1) is 0 Å². The van der Waals surface area contributed by atoms with Crippen LogP contribution in [0.2, 0.25) is 0 Å². The Kier molecular flexibility index (Phi) is 3.90. The summed E-state index contributed by atoms with van der Waals surface area (Å²) in [6, 6.07) is 13.4. The van der Waals surface area contributed by atoms with E-state index in [1.54, 1.807) is 19.5 Å². The van der Waals surface area contributed by atoms with E-state index in [-0.39, 0.29) is 0 Å². The summed E-state index contributed by atoms with van der Waals surface area (Å²) in [5.41, 5.74) is 1.57. The molecule has 1 heterocycles. The average molecular weight is 344 g/mol. The Morgan fingerprint density at radius 2 is 2.00 bits per heavy atom. The normalized spacial score (nSPS) is 12.3. The number of aliphatic hydroxyl groups excluding tert-OH is 1. The van der Waals surface area contributed by atoms with E-state index in [9.17, 15) is 5.11 Å². The van der Waals surface area contributed by atoms with Gasteiger partial charge in [0.15, 0.2) is 0 Å². The number of hydrogen-bond acceptors (Lipinski definition) is 3.